The molecule has 1 spiro atoms. The highest BCUT2D eigenvalue weighted by Crippen LogP contribution is 2.73. The molecule has 0 aromatic carbocycles. The summed E-state index contributed by atoms with van der Waals surface area (Å²) >= 11 is 3.50. The molecule has 1 aliphatic heterocycles. The Morgan fingerprint density at radius 2 is 1.73 bits per heavy atom. The number of thioether (sulfide) groups is 2. The van der Waals surface area contributed by atoms with Crippen LogP contribution in [0.5, 0.6) is 0 Å². The van der Waals surface area contributed by atoms with Crippen LogP contribution in [0.2, 0.25) is 0 Å². The van der Waals surface area contributed by atoms with Gasteiger partial charge in [-0.25, -0.2) is 4.39 Å². The Bertz CT molecular complexity index is 818. The summed E-state index contributed by atoms with van der Waals surface area (Å²) in [6.45, 7) is -2.07. The standard InChI is InChI=1S/C17H22F4O6S3/c18-15(17(19,20)21,30(24,25)26)8-27-13(23)14-3-9-1-10(4-14)16(11(2-9)5-14)28-7-12(6-22)29-16/h9-12,22H,1-8H2,(H,24,25,26). The minimum absolute atomic E-state index is 0.0567. The van der Waals surface area contributed by atoms with Crippen molar-refractivity contribution in [1.82, 2.24) is 0 Å². The van der Waals surface area contributed by atoms with Crippen LogP contribution in [0, 0.1) is 23.2 Å². The first-order valence-electron chi connectivity index (χ1n) is 9.59. The fourth-order valence-electron chi connectivity index (χ4n) is 5.86. The highest BCUT2D eigenvalue weighted by molar-refractivity contribution is 8.21. The van der Waals surface area contributed by atoms with Gasteiger partial charge in [0.1, 0.15) is 0 Å². The molecule has 0 aromatic heterocycles. The van der Waals surface area contributed by atoms with Crippen molar-refractivity contribution < 1.29 is 45.2 Å². The fourth-order valence-corrected chi connectivity index (χ4v) is 10.4. The fraction of sp³-hybridized carbons (Fsp3) is 0.941. The molecule has 0 amide bonds. The molecule has 13 heteroatoms. The molecule has 0 radical (unpaired) electrons. The van der Waals surface area contributed by atoms with Gasteiger partial charge in [-0.3, -0.25) is 9.35 Å². The second-order valence-corrected chi connectivity index (χ2v) is 13.6. The van der Waals surface area contributed by atoms with Crippen molar-refractivity contribution in [3.63, 3.8) is 0 Å². The third kappa shape index (κ3) is 3.29. The van der Waals surface area contributed by atoms with Crippen molar-refractivity contribution in [2.75, 3.05) is 19.0 Å². The Hall–Kier alpha value is -0.240. The summed E-state index contributed by atoms with van der Waals surface area (Å²) in [6, 6.07) is 0. The van der Waals surface area contributed by atoms with Gasteiger partial charge in [-0.1, -0.05) is 0 Å². The zero-order valence-corrected chi connectivity index (χ0v) is 18.2. The lowest BCUT2D eigenvalue weighted by Crippen LogP contribution is -2.60. The number of esters is 1. The molecule has 2 N–H and O–H groups in total. The number of aliphatic hydroxyl groups is 1. The van der Waals surface area contributed by atoms with Crippen molar-refractivity contribution in [2.24, 2.45) is 23.2 Å². The highest BCUT2D eigenvalue weighted by atomic mass is 32.2. The smallest absolute Gasteiger partial charge is 0.443 e. The van der Waals surface area contributed by atoms with Gasteiger partial charge in [0, 0.05) is 11.0 Å². The van der Waals surface area contributed by atoms with Gasteiger partial charge in [0.25, 0.3) is 0 Å². The van der Waals surface area contributed by atoms with E-state index in [0.717, 1.165) is 18.6 Å². The van der Waals surface area contributed by atoms with Crippen molar-refractivity contribution in [3.05, 3.63) is 0 Å². The van der Waals surface area contributed by atoms with Crippen LogP contribution in [0.15, 0.2) is 0 Å². The SMILES string of the molecule is O=C(OCC(F)(C(F)(F)F)S(=O)(=O)O)C12CC3CC(C1)C1(SCC(CO)S1)C(C3)C2. The third-order valence-electron chi connectivity index (χ3n) is 7.03. The lowest BCUT2D eigenvalue weighted by Gasteiger charge is -2.62. The van der Waals surface area contributed by atoms with E-state index in [2.05, 4.69) is 4.74 Å². The summed E-state index contributed by atoms with van der Waals surface area (Å²) in [5.74, 6) is 0.192. The first-order chi connectivity index (χ1) is 13.8. The number of ether oxygens (including phenoxy) is 1. The average Bonchev–Trinajstić information content (AvgIpc) is 3.07. The minimum atomic E-state index is -6.20. The van der Waals surface area contributed by atoms with Crippen molar-refractivity contribution >= 4 is 39.6 Å². The molecule has 4 saturated carbocycles. The number of carbonyl (C=O) groups excluding carboxylic acids is 1. The van der Waals surface area contributed by atoms with E-state index in [1.165, 1.54) is 0 Å². The molecule has 4 aliphatic carbocycles. The van der Waals surface area contributed by atoms with Crippen molar-refractivity contribution in [1.29, 1.82) is 0 Å². The quantitative estimate of drug-likeness (QED) is 0.342. The first kappa shape index (κ1) is 22.9. The van der Waals surface area contributed by atoms with Gasteiger partial charge < -0.3 is 9.84 Å². The van der Waals surface area contributed by atoms with Crippen molar-refractivity contribution in [2.45, 2.75) is 52.6 Å². The molecule has 1 heterocycles. The van der Waals surface area contributed by atoms with E-state index in [1.807, 2.05) is 0 Å². The predicted octanol–water partition coefficient (Wildman–Crippen LogP) is 3.01. The van der Waals surface area contributed by atoms with Crippen LogP contribution >= 0.6 is 23.5 Å². The maximum absolute atomic E-state index is 14.2. The summed E-state index contributed by atoms with van der Waals surface area (Å²) in [5.41, 5.74) is -1.06. The number of hydrogen-bond acceptors (Lipinski definition) is 7. The number of carbonyl (C=O) groups is 1. The van der Waals surface area contributed by atoms with Crippen LogP contribution in [0.25, 0.3) is 0 Å². The molecule has 5 aliphatic rings. The van der Waals surface area contributed by atoms with Crippen LogP contribution in [0.1, 0.15) is 32.1 Å². The second-order valence-electron chi connectivity index (χ2n) is 8.86. The number of halogens is 4. The van der Waals surface area contributed by atoms with Gasteiger partial charge in [-0.2, -0.15) is 21.6 Å². The van der Waals surface area contributed by atoms with Gasteiger partial charge in [-0.15, -0.1) is 23.5 Å². The summed E-state index contributed by atoms with van der Waals surface area (Å²) in [6.07, 6.45) is -3.01. The Morgan fingerprint density at radius 3 is 2.20 bits per heavy atom. The van der Waals surface area contributed by atoms with E-state index in [9.17, 15) is 35.9 Å². The summed E-state index contributed by atoms with van der Waals surface area (Å²) < 4.78 is 88.3. The van der Waals surface area contributed by atoms with Gasteiger partial charge in [0.15, 0.2) is 6.61 Å². The topological polar surface area (TPSA) is 101 Å². The Labute approximate surface area is 179 Å². The molecule has 5 rings (SSSR count). The minimum Gasteiger partial charge on any atom is -0.460 e. The normalized spacial score (nSPS) is 42.5. The van der Waals surface area contributed by atoms with E-state index in [-0.39, 0.29) is 33.7 Å². The number of aliphatic hydroxyl groups excluding tert-OH is 1. The van der Waals surface area contributed by atoms with Gasteiger partial charge in [-0.05, 0) is 49.9 Å². The van der Waals surface area contributed by atoms with Crippen LogP contribution in [-0.2, 0) is 19.6 Å². The highest BCUT2D eigenvalue weighted by Gasteiger charge is 2.69. The van der Waals surface area contributed by atoms with Crippen LogP contribution in [0.3, 0.4) is 0 Å². The molecule has 1 saturated heterocycles. The van der Waals surface area contributed by atoms with E-state index in [1.54, 1.807) is 23.5 Å². The predicted molar refractivity (Wildman–Crippen MR) is 102 cm³/mol. The monoisotopic (exact) mass is 494 g/mol. The Kier molecular flexibility index (Phi) is 5.45. The third-order valence-corrected chi connectivity index (χ3v) is 12.4. The van der Waals surface area contributed by atoms with Crippen LogP contribution in [-0.4, -0.2) is 63.5 Å². The van der Waals surface area contributed by atoms with Crippen LogP contribution in [0.4, 0.5) is 17.6 Å². The molecule has 4 bridgehead atoms. The molecule has 6 nitrogen and oxygen atoms in total. The largest absolute Gasteiger partial charge is 0.460 e. The number of hydrogen-bond donors (Lipinski definition) is 2. The van der Waals surface area contributed by atoms with Gasteiger partial charge in [0.2, 0.25) is 0 Å². The van der Waals surface area contributed by atoms with E-state index in [4.69, 9.17) is 4.55 Å². The molecule has 4 unspecified atom stereocenters. The van der Waals surface area contributed by atoms with Gasteiger partial charge in [0.05, 0.1) is 16.1 Å². The maximum Gasteiger partial charge on any atom is 0.443 e. The zero-order valence-electron chi connectivity index (χ0n) is 15.7. The number of rotatable bonds is 5. The van der Waals surface area contributed by atoms with E-state index >= 15 is 0 Å². The molecule has 4 atom stereocenters. The Morgan fingerprint density at radius 1 is 1.13 bits per heavy atom. The van der Waals surface area contributed by atoms with Crippen LogP contribution < -0.4 is 0 Å². The second kappa shape index (κ2) is 7.13. The lowest BCUT2D eigenvalue weighted by molar-refractivity contribution is -0.218. The Balaban J connectivity index is 1.53. The molecule has 5 fully saturated rings. The molecule has 30 heavy (non-hydrogen) atoms. The molecular weight excluding hydrogens is 472 g/mol. The maximum atomic E-state index is 14.2. The average molecular weight is 495 g/mol. The zero-order chi connectivity index (χ0) is 22.2. The molecular formula is C17H22F4O6S3. The van der Waals surface area contributed by atoms with Gasteiger partial charge >= 0.3 is 27.3 Å². The molecule has 172 valence electrons. The van der Waals surface area contributed by atoms with Crippen molar-refractivity contribution in [3.8, 4) is 0 Å². The summed E-state index contributed by atoms with van der Waals surface area (Å²) in [5, 5.41) is 4.55. The first-order valence-corrected chi connectivity index (χ1v) is 12.9. The molecule has 0 aromatic rings. The lowest BCUT2D eigenvalue weighted by atomic mass is 9.49. The summed E-state index contributed by atoms with van der Waals surface area (Å²) in [7, 11) is -6.20. The van der Waals surface area contributed by atoms with E-state index < -0.39 is 39.3 Å². The van der Waals surface area contributed by atoms with E-state index in [0.29, 0.717) is 19.3 Å². The number of alkyl halides is 4. The summed E-state index contributed by atoms with van der Waals surface area (Å²) in [4.78, 5) is 12.8.